The van der Waals surface area contributed by atoms with Gasteiger partial charge in [0.05, 0.1) is 21.7 Å². The van der Waals surface area contributed by atoms with Gasteiger partial charge in [-0.2, -0.15) is 0 Å². The Bertz CT molecular complexity index is 1630. The van der Waals surface area contributed by atoms with Gasteiger partial charge in [0.25, 0.3) is 11.8 Å². The molecule has 8 nitrogen and oxygen atoms in total. The van der Waals surface area contributed by atoms with Crippen LogP contribution in [0.2, 0.25) is 5.02 Å². The molecule has 0 bridgehead atoms. The molecule has 0 atom stereocenters. The summed E-state index contributed by atoms with van der Waals surface area (Å²) in [4.78, 5) is 37.6. The Hall–Kier alpha value is -4.57. The number of amides is 2. The van der Waals surface area contributed by atoms with Gasteiger partial charge in [-0.3, -0.25) is 9.59 Å². The van der Waals surface area contributed by atoms with Gasteiger partial charge in [0, 0.05) is 35.6 Å². The second-order valence-corrected chi connectivity index (χ2v) is 8.90. The van der Waals surface area contributed by atoms with E-state index < -0.39 is 17.5 Å². The average Bonchev–Trinajstić information content (AvgIpc) is 3.40. The monoisotopic (exact) mass is 518 g/mol. The minimum Gasteiger partial charge on any atom is -0.358 e. The predicted octanol–water partition coefficient (Wildman–Crippen LogP) is 4.93. The Labute approximate surface area is 213 Å². The summed E-state index contributed by atoms with van der Waals surface area (Å²) in [6.07, 6.45) is 3.48. The molecule has 2 amide bonds. The molecule has 0 radical (unpaired) electrons. The van der Waals surface area contributed by atoms with Crippen molar-refractivity contribution in [1.82, 2.24) is 20.3 Å². The van der Waals surface area contributed by atoms with Gasteiger partial charge in [0.15, 0.2) is 0 Å². The highest BCUT2D eigenvalue weighted by Crippen LogP contribution is 2.40. The van der Waals surface area contributed by atoms with Crippen LogP contribution in [-0.2, 0) is 11.2 Å². The van der Waals surface area contributed by atoms with Crippen LogP contribution < -0.4 is 16.0 Å². The zero-order chi connectivity index (χ0) is 25.7. The first-order chi connectivity index (χ1) is 17.9. The third kappa shape index (κ3) is 4.01. The van der Waals surface area contributed by atoms with Crippen LogP contribution in [0.3, 0.4) is 0 Å². The molecule has 0 unspecified atom stereocenters. The second kappa shape index (κ2) is 8.82. The Morgan fingerprint density at radius 2 is 1.78 bits per heavy atom. The first-order valence-corrected chi connectivity index (χ1v) is 11.7. The van der Waals surface area contributed by atoms with E-state index in [0.717, 1.165) is 5.69 Å². The summed E-state index contributed by atoms with van der Waals surface area (Å²) < 4.78 is 27.3. The number of anilines is 3. The predicted molar refractivity (Wildman–Crippen MR) is 135 cm³/mol. The number of aromatic nitrogens is 3. The summed E-state index contributed by atoms with van der Waals surface area (Å²) in [5, 5.41) is 8.56. The molecule has 0 saturated heterocycles. The molecule has 6 rings (SSSR count). The molecule has 37 heavy (non-hydrogen) atoms. The maximum atomic E-state index is 13.7. The minimum absolute atomic E-state index is 0.0696. The zero-order valence-electron chi connectivity index (χ0n) is 19.0. The standard InChI is InChI=1S/C26H17ClF2N6O2/c27-16-9-14(5-6-17(16)29)33-23-21-15(25(36)35-24(21)32-11-31-23)10-19-20(12-1-3-13(28)4-2-12)22-18(34-19)7-8-30-26(22)37/h1-6,9-11,34H,7-8H2,(H,30,37)(H2,31,32,33,35,36)/b15-10+. The Morgan fingerprint density at radius 3 is 2.57 bits per heavy atom. The lowest BCUT2D eigenvalue weighted by atomic mass is 9.96. The SMILES string of the molecule is O=C1Nc2ncnc(Nc3ccc(F)c(Cl)c3)c2/C1=C\c1[nH]c2c(c1-c1ccc(F)cc1)C(=O)NCC2. The molecule has 2 aliphatic rings. The maximum Gasteiger partial charge on any atom is 0.257 e. The Balaban J connectivity index is 1.50. The average molecular weight is 519 g/mol. The van der Waals surface area contributed by atoms with Crippen LogP contribution in [0.25, 0.3) is 22.8 Å². The first kappa shape index (κ1) is 22.9. The number of carbonyl (C=O) groups is 2. The number of fused-ring (bicyclic) bond motifs is 2. The topological polar surface area (TPSA) is 112 Å². The highest BCUT2D eigenvalue weighted by atomic mass is 35.5. The van der Waals surface area contributed by atoms with Gasteiger partial charge in [-0.1, -0.05) is 23.7 Å². The van der Waals surface area contributed by atoms with E-state index in [4.69, 9.17) is 11.6 Å². The van der Waals surface area contributed by atoms with Gasteiger partial charge in [-0.15, -0.1) is 0 Å². The molecule has 2 aliphatic heterocycles. The summed E-state index contributed by atoms with van der Waals surface area (Å²) >= 11 is 5.92. The lowest BCUT2D eigenvalue weighted by molar-refractivity contribution is -0.110. The van der Waals surface area contributed by atoms with Gasteiger partial charge >= 0.3 is 0 Å². The van der Waals surface area contributed by atoms with Crippen LogP contribution in [0.1, 0.15) is 27.3 Å². The van der Waals surface area contributed by atoms with Crippen LogP contribution in [-0.4, -0.2) is 33.3 Å². The van der Waals surface area contributed by atoms with Crippen molar-refractivity contribution in [2.24, 2.45) is 0 Å². The van der Waals surface area contributed by atoms with Crippen LogP contribution in [0.4, 0.5) is 26.1 Å². The van der Waals surface area contributed by atoms with Crippen LogP contribution in [0, 0.1) is 11.6 Å². The van der Waals surface area contributed by atoms with Crippen molar-refractivity contribution >= 4 is 52.4 Å². The molecule has 4 heterocycles. The lowest BCUT2D eigenvalue weighted by Gasteiger charge is -2.14. The van der Waals surface area contributed by atoms with Crippen LogP contribution in [0.5, 0.6) is 0 Å². The molecule has 0 saturated carbocycles. The molecule has 4 aromatic rings. The van der Waals surface area contributed by atoms with E-state index in [9.17, 15) is 18.4 Å². The van der Waals surface area contributed by atoms with Gasteiger partial charge in [-0.05, 0) is 42.0 Å². The number of H-pyrrole nitrogens is 1. The number of nitrogens with one attached hydrogen (secondary N) is 4. The molecular formula is C26H17ClF2N6O2. The van der Waals surface area contributed by atoms with Gasteiger partial charge in [0.1, 0.15) is 29.6 Å². The molecule has 0 aliphatic carbocycles. The van der Waals surface area contributed by atoms with Crippen molar-refractivity contribution < 1.29 is 18.4 Å². The minimum atomic E-state index is -0.564. The maximum absolute atomic E-state index is 13.7. The van der Waals surface area contributed by atoms with E-state index in [1.165, 1.54) is 36.7 Å². The summed E-state index contributed by atoms with van der Waals surface area (Å²) in [6.45, 7) is 0.469. The van der Waals surface area contributed by atoms with E-state index in [1.54, 1.807) is 18.2 Å². The highest BCUT2D eigenvalue weighted by molar-refractivity contribution is 6.36. The van der Waals surface area contributed by atoms with Crippen molar-refractivity contribution in [3.63, 3.8) is 0 Å². The van der Waals surface area contributed by atoms with Crippen molar-refractivity contribution in [1.29, 1.82) is 0 Å². The fourth-order valence-corrected chi connectivity index (χ4v) is 4.72. The van der Waals surface area contributed by atoms with Crippen LogP contribution >= 0.6 is 11.6 Å². The largest absolute Gasteiger partial charge is 0.358 e. The highest BCUT2D eigenvalue weighted by Gasteiger charge is 2.32. The summed E-state index contributed by atoms with van der Waals surface area (Å²) in [5.41, 5.74) is 3.95. The number of carbonyl (C=O) groups excluding carboxylic acids is 2. The molecule has 184 valence electrons. The van der Waals surface area contributed by atoms with Gasteiger partial charge in [-0.25, -0.2) is 18.7 Å². The van der Waals surface area contributed by atoms with Crippen molar-refractivity contribution in [3.05, 3.63) is 88.0 Å². The molecule has 4 N–H and O–H groups in total. The summed E-state index contributed by atoms with van der Waals surface area (Å²) in [5.74, 6) is -1.05. The fourth-order valence-electron chi connectivity index (χ4n) is 4.54. The number of rotatable bonds is 4. The summed E-state index contributed by atoms with van der Waals surface area (Å²) in [6, 6.07) is 9.91. The first-order valence-electron chi connectivity index (χ1n) is 11.3. The second-order valence-electron chi connectivity index (χ2n) is 8.49. The quantitative estimate of drug-likeness (QED) is 0.286. The number of hydrogen-bond donors (Lipinski definition) is 4. The van der Waals surface area contributed by atoms with E-state index in [-0.39, 0.29) is 16.5 Å². The van der Waals surface area contributed by atoms with Crippen molar-refractivity contribution in [2.75, 3.05) is 17.2 Å². The number of benzene rings is 2. The van der Waals surface area contributed by atoms with Crippen molar-refractivity contribution in [3.8, 4) is 11.1 Å². The fraction of sp³-hybridized carbons (Fsp3) is 0.0769. The van der Waals surface area contributed by atoms with E-state index in [1.807, 2.05) is 0 Å². The number of halogens is 3. The third-order valence-corrected chi connectivity index (χ3v) is 6.48. The molecule has 2 aromatic carbocycles. The summed E-state index contributed by atoms with van der Waals surface area (Å²) in [7, 11) is 0. The number of nitrogens with zero attached hydrogens (tertiary/aromatic N) is 2. The van der Waals surface area contributed by atoms with Crippen molar-refractivity contribution in [2.45, 2.75) is 6.42 Å². The number of hydrogen-bond acceptors (Lipinski definition) is 5. The number of aromatic amines is 1. The normalized spacial score (nSPS) is 15.3. The molecule has 11 heteroatoms. The van der Waals surface area contributed by atoms with Crippen LogP contribution in [0.15, 0.2) is 48.8 Å². The zero-order valence-corrected chi connectivity index (χ0v) is 19.7. The Morgan fingerprint density at radius 1 is 0.973 bits per heavy atom. The molecular weight excluding hydrogens is 502 g/mol. The Kier molecular flexibility index (Phi) is 5.45. The molecule has 2 aromatic heterocycles. The smallest absolute Gasteiger partial charge is 0.257 e. The van der Waals surface area contributed by atoms with E-state index in [0.29, 0.717) is 58.2 Å². The van der Waals surface area contributed by atoms with Gasteiger partial charge in [0.2, 0.25) is 0 Å². The third-order valence-electron chi connectivity index (χ3n) is 6.19. The molecule has 0 fully saturated rings. The van der Waals surface area contributed by atoms with Gasteiger partial charge < -0.3 is 20.9 Å². The lowest BCUT2D eigenvalue weighted by Crippen LogP contribution is -2.31. The molecule has 0 spiro atoms. The van der Waals surface area contributed by atoms with E-state index >= 15 is 0 Å². The van der Waals surface area contributed by atoms with E-state index in [2.05, 4.69) is 30.9 Å².